The van der Waals surface area contributed by atoms with Crippen LogP contribution in [-0.4, -0.2) is 56.9 Å². The highest BCUT2D eigenvalue weighted by Gasteiger charge is 2.18. The van der Waals surface area contributed by atoms with E-state index >= 15 is 0 Å². The highest BCUT2D eigenvalue weighted by atomic mass is 32.2. The Morgan fingerprint density at radius 2 is 1.95 bits per heavy atom. The van der Waals surface area contributed by atoms with Gasteiger partial charge in [0.2, 0.25) is 10.0 Å². The Morgan fingerprint density at radius 1 is 1.18 bits per heavy atom. The lowest BCUT2D eigenvalue weighted by Gasteiger charge is -2.33. The molecule has 0 aliphatic carbocycles. The Bertz CT molecular complexity index is 1610. The van der Waals surface area contributed by atoms with Crippen LogP contribution in [0, 0.1) is 11.3 Å². The summed E-state index contributed by atoms with van der Waals surface area (Å²) in [7, 11) is -1.86. The van der Waals surface area contributed by atoms with Crippen molar-refractivity contribution in [1.82, 2.24) is 14.9 Å². The van der Waals surface area contributed by atoms with Crippen LogP contribution in [0.1, 0.15) is 18.1 Å². The van der Waals surface area contributed by atoms with Crippen molar-refractivity contribution in [3.63, 3.8) is 0 Å². The van der Waals surface area contributed by atoms with Gasteiger partial charge in [-0.05, 0) is 55.0 Å². The third kappa shape index (κ3) is 5.30. The number of hydrogen-bond donors (Lipinski definition) is 2. The second-order valence-electron chi connectivity index (χ2n) is 9.69. The van der Waals surface area contributed by atoms with Crippen LogP contribution in [0.2, 0.25) is 0 Å². The van der Waals surface area contributed by atoms with Crippen LogP contribution in [0.3, 0.4) is 0 Å². The summed E-state index contributed by atoms with van der Waals surface area (Å²) in [6, 6.07) is 22.0. The first-order valence-corrected chi connectivity index (χ1v) is 14.3. The molecule has 196 valence electrons. The van der Waals surface area contributed by atoms with Crippen molar-refractivity contribution in [2.24, 2.45) is 0 Å². The maximum Gasteiger partial charge on any atom is 0.232 e. The van der Waals surface area contributed by atoms with E-state index in [0.29, 0.717) is 35.3 Å². The molecule has 3 heterocycles. The summed E-state index contributed by atoms with van der Waals surface area (Å²) in [5, 5.41) is 17.4. The zero-order chi connectivity index (χ0) is 26.9. The van der Waals surface area contributed by atoms with E-state index in [-0.39, 0.29) is 0 Å². The Balaban J connectivity index is 1.43. The first-order valence-electron chi connectivity index (χ1n) is 12.5. The molecule has 0 spiro atoms. The van der Waals surface area contributed by atoms with Gasteiger partial charge in [-0.1, -0.05) is 18.2 Å². The molecular formula is C28H31N7O2S. The van der Waals surface area contributed by atoms with Gasteiger partial charge in [0.1, 0.15) is 11.7 Å². The third-order valence-electron chi connectivity index (χ3n) is 6.89. The summed E-state index contributed by atoms with van der Waals surface area (Å²) in [4.78, 5) is 7.18. The molecule has 1 aliphatic heterocycles. The molecule has 0 unspecified atom stereocenters. The molecule has 4 aromatic rings. The molecule has 1 aliphatic rings. The zero-order valence-corrected chi connectivity index (χ0v) is 22.5. The highest BCUT2D eigenvalue weighted by Crippen LogP contribution is 2.28. The van der Waals surface area contributed by atoms with Crippen LogP contribution in [0.25, 0.3) is 11.0 Å². The van der Waals surface area contributed by atoms with Gasteiger partial charge in [0.05, 0.1) is 24.1 Å². The summed E-state index contributed by atoms with van der Waals surface area (Å²) < 4.78 is 27.6. The number of anilines is 4. The van der Waals surface area contributed by atoms with Gasteiger partial charge in [-0.2, -0.15) is 5.26 Å². The fourth-order valence-electron chi connectivity index (χ4n) is 4.79. The molecule has 1 atom stereocenters. The molecule has 2 aromatic heterocycles. The van der Waals surface area contributed by atoms with E-state index in [9.17, 15) is 13.7 Å². The molecule has 0 radical (unpaired) electrons. The minimum atomic E-state index is -3.41. The number of hydrogen-bond acceptors (Lipinski definition) is 7. The number of benzene rings is 2. The third-order valence-corrected chi connectivity index (χ3v) is 8.08. The van der Waals surface area contributed by atoms with Gasteiger partial charge in [-0.25, -0.2) is 13.4 Å². The van der Waals surface area contributed by atoms with E-state index < -0.39 is 10.0 Å². The van der Waals surface area contributed by atoms with Crippen molar-refractivity contribution >= 4 is 43.9 Å². The van der Waals surface area contributed by atoms with Gasteiger partial charge in [0, 0.05) is 55.7 Å². The first kappa shape index (κ1) is 25.6. The van der Waals surface area contributed by atoms with Gasteiger partial charge in [0.25, 0.3) is 0 Å². The summed E-state index contributed by atoms with van der Waals surface area (Å²) in [5.74, 6) is 0.477. The van der Waals surface area contributed by atoms with Gasteiger partial charge in [-0.15, -0.1) is 0 Å². The van der Waals surface area contributed by atoms with Crippen molar-refractivity contribution in [3.8, 4) is 6.07 Å². The molecule has 2 aromatic carbocycles. The molecule has 2 N–H and O–H groups in total. The van der Waals surface area contributed by atoms with Crippen LogP contribution < -0.4 is 19.8 Å². The summed E-state index contributed by atoms with van der Waals surface area (Å²) in [6.45, 7) is 5.50. The van der Waals surface area contributed by atoms with E-state index in [1.54, 1.807) is 13.1 Å². The van der Waals surface area contributed by atoms with Gasteiger partial charge in [-0.3, -0.25) is 4.31 Å². The molecule has 38 heavy (non-hydrogen) atoms. The molecule has 0 saturated carbocycles. The quantitative estimate of drug-likeness (QED) is 0.374. The van der Waals surface area contributed by atoms with E-state index in [1.807, 2.05) is 53.2 Å². The predicted octanol–water partition coefficient (Wildman–Crippen LogP) is 3.89. The second kappa shape index (κ2) is 10.4. The van der Waals surface area contributed by atoms with Crippen LogP contribution in [-0.2, 0) is 16.6 Å². The molecule has 9 nitrogen and oxygen atoms in total. The lowest BCUT2D eigenvalue weighted by atomic mass is 10.1. The molecule has 1 saturated heterocycles. The van der Waals surface area contributed by atoms with E-state index in [1.165, 1.54) is 16.2 Å². The van der Waals surface area contributed by atoms with Crippen molar-refractivity contribution < 1.29 is 8.42 Å². The Labute approximate surface area is 223 Å². The number of sulfonamides is 1. The van der Waals surface area contributed by atoms with Crippen molar-refractivity contribution in [2.45, 2.75) is 19.5 Å². The van der Waals surface area contributed by atoms with Crippen molar-refractivity contribution in [2.75, 3.05) is 47.5 Å². The number of fused-ring (bicyclic) bond motifs is 1. The number of aromatic nitrogens is 2. The number of nitriles is 1. The van der Waals surface area contributed by atoms with Gasteiger partial charge >= 0.3 is 0 Å². The lowest BCUT2D eigenvalue weighted by molar-refractivity contribution is 0.485. The molecule has 5 rings (SSSR count). The maximum absolute atomic E-state index is 12.2. The normalized spacial score (nSPS) is 15.8. The summed E-state index contributed by atoms with van der Waals surface area (Å²) in [5.41, 5.74) is 4.62. The molecule has 10 heteroatoms. The van der Waals surface area contributed by atoms with Crippen LogP contribution in [0.4, 0.5) is 22.9 Å². The SMILES string of the molecule is C[C@@H]1CN(c2ccc(Nc3nc4c(ccn4Cc4ccccc4N(C)S(C)(=O)=O)cc3C#N)cc2)CCN1. The molecule has 0 amide bonds. The maximum atomic E-state index is 12.2. The molecule has 1 fully saturated rings. The smallest absolute Gasteiger partial charge is 0.232 e. The van der Waals surface area contributed by atoms with Gasteiger partial charge < -0.3 is 20.1 Å². The molecular weight excluding hydrogens is 498 g/mol. The topological polar surface area (TPSA) is 106 Å². The summed E-state index contributed by atoms with van der Waals surface area (Å²) >= 11 is 0. The predicted molar refractivity (Wildman–Crippen MR) is 153 cm³/mol. The zero-order valence-electron chi connectivity index (χ0n) is 21.7. The van der Waals surface area contributed by atoms with Crippen LogP contribution in [0.15, 0.2) is 66.9 Å². The fraction of sp³-hybridized carbons (Fsp3) is 0.286. The standard InChI is InChI=1S/C28H31N7O2S/c1-20-18-34(15-13-30-20)25-10-8-24(9-11-25)31-27-23(17-29)16-21-12-14-35(28(21)32-27)19-22-6-4-5-7-26(22)33(2)38(3,36)37/h4-12,14,16,20,30H,13,15,18-19H2,1-3H3,(H,31,32)/t20-/m1/s1. The van der Waals surface area contributed by atoms with Gasteiger partial charge in [0.15, 0.2) is 5.82 Å². The minimum Gasteiger partial charge on any atom is -0.369 e. The average Bonchev–Trinajstić information content (AvgIpc) is 3.29. The average molecular weight is 530 g/mol. The number of piperazine rings is 1. The largest absolute Gasteiger partial charge is 0.369 e. The number of nitrogens with one attached hydrogen (secondary N) is 2. The second-order valence-corrected chi connectivity index (χ2v) is 11.7. The van der Waals surface area contributed by atoms with Crippen molar-refractivity contribution in [1.29, 1.82) is 5.26 Å². The van der Waals surface area contributed by atoms with Crippen LogP contribution in [0.5, 0.6) is 0 Å². The highest BCUT2D eigenvalue weighted by molar-refractivity contribution is 7.92. The Morgan fingerprint density at radius 3 is 2.66 bits per heavy atom. The first-order chi connectivity index (χ1) is 18.2. The number of nitrogens with zero attached hydrogens (tertiary/aromatic N) is 5. The van der Waals surface area contributed by atoms with E-state index in [0.717, 1.165) is 36.3 Å². The number of rotatable bonds is 7. The number of pyridine rings is 1. The lowest BCUT2D eigenvalue weighted by Crippen LogP contribution is -2.49. The number of para-hydroxylation sites is 1. The Kier molecular flexibility index (Phi) is 6.97. The summed E-state index contributed by atoms with van der Waals surface area (Å²) in [6.07, 6.45) is 3.09. The van der Waals surface area contributed by atoms with E-state index in [4.69, 9.17) is 4.98 Å². The van der Waals surface area contributed by atoms with Crippen molar-refractivity contribution in [3.05, 3.63) is 78.0 Å². The monoisotopic (exact) mass is 529 g/mol. The minimum absolute atomic E-state index is 0.426. The fourth-order valence-corrected chi connectivity index (χ4v) is 5.33. The van der Waals surface area contributed by atoms with Crippen LogP contribution >= 0.6 is 0 Å². The Hall–Kier alpha value is -4.07. The van der Waals surface area contributed by atoms with E-state index in [2.05, 4.69) is 40.7 Å². The molecule has 0 bridgehead atoms.